The minimum Gasteiger partial charge on any atom is -0.337 e. The van der Waals surface area contributed by atoms with Crippen molar-refractivity contribution in [3.63, 3.8) is 0 Å². The van der Waals surface area contributed by atoms with Crippen LogP contribution in [0.5, 0.6) is 0 Å². The number of aromatic nitrogens is 3. The van der Waals surface area contributed by atoms with E-state index in [1.54, 1.807) is 6.20 Å². The van der Waals surface area contributed by atoms with E-state index < -0.39 is 0 Å². The highest BCUT2D eigenvalue weighted by molar-refractivity contribution is 5.77. The first-order chi connectivity index (χ1) is 11.7. The Morgan fingerprint density at radius 3 is 2.79 bits per heavy atom. The van der Waals surface area contributed by atoms with Crippen molar-refractivity contribution in [3.8, 4) is 0 Å². The molecule has 2 fully saturated rings. The molecule has 2 aliphatic rings. The van der Waals surface area contributed by atoms with Crippen LogP contribution in [0, 0.1) is 0 Å². The van der Waals surface area contributed by atoms with Crippen molar-refractivity contribution < 1.29 is 4.79 Å². The SMILES string of the molecule is Cn1ccnc1CN1CCN2C(=O)N(Cc3ccccn3)CC2C1. The molecule has 2 saturated heterocycles. The van der Waals surface area contributed by atoms with Gasteiger partial charge in [0.25, 0.3) is 0 Å². The van der Waals surface area contributed by atoms with Crippen LogP contribution >= 0.6 is 0 Å². The molecule has 4 heterocycles. The summed E-state index contributed by atoms with van der Waals surface area (Å²) in [6.07, 6.45) is 5.58. The number of piperazine rings is 1. The maximum Gasteiger partial charge on any atom is 0.320 e. The second kappa shape index (κ2) is 6.24. The molecule has 2 aliphatic heterocycles. The molecular weight excluding hydrogens is 304 g/mol. The number of hydrogen-bond acceptors (Lipinski definition) is 4. The average molecular weight is 326 g/mol. The van der Waals surface area contributed by atoms with Crippen molar-refractivity contribution in [2.45, 2.75) is 19.1 Å². The standard InChI is InChI=1S/C17H22N6O/c1-20-7-6-19-16(20)13-21-8-9-23-15(11-21)12-22(17(23)24)10-14-4-2-3-5-18-14/h2-7,15H,8-13H2,1H3. The van der Waals surface area contributed by atoms with Crippen molar-refractivity contribution in [3.05, 3.63) is 48.3 Å². The maximum absolute atomic E-state index is 12.6. The lowest BCUT2D eigenvalue weighted by molar-refractivity contribution is 0.114. The van der Waals surface area contributed by atoms with Crippen LogP contribution in [0.4, 0.5) is 4.79 Å². The number of pyridine rings is 1. The van der Waals surface area contributed by atoms with Gasteiger partial charge in [-0.3, -0.25) is 9.88 Å². The van der Waals surface area contributed by atoms with E-state index in [1.165, 1.54) is 0 Å². The first kappa shape index (κ1) is 15.1. The Hall–Kier alpha value is -2.41. The number of urea groups is 1. The van der Waals surface area contributed by atoms with Gasteiger partial charge in [0.2, 0.25) is 0 Å². The third kappa shape index (κ3) is 2.87. The van der Waals surface area contributed by atoms with Gasteiger partial charge in [-0.1, -0.05) is 6.07 Å². The summed E-state index contributed by atoms with van der Waals surface area (Å²) in [6, 6.07) is 6.23. The van der Waals surface area contributed by atoms with Crippen molar-refractivity contribution in [2.24, 2.45) is 7.05 Å². The zero-order chi connectivity index (χ0) is 16.5. The lowest BCUT2D eigenvalue weighted by atomic mass is 10.2. The van der Waals surface area contributed by atoms with E-state index in [4.69, 9.17) is 0 Å². The van der Waals surface area contributed by atoms with Crippen molar-refractivity contribution in [1.29, 1.82) is 0 Å². The summed E-state index contributed by atoms with van der Waals surface area (Å²) in [4.78, 5) is 27.7. The Labute approximate surface area is 141 Å². The molecule has 2 aromatic heterocycles. The molecule has 1 atom stereocenters. The fourth-order valence-electron chi connectivity index (χ4n) is 3.55. The summed E-state index contributed by atoms with van der Waals surface area (Å²) in [5, 5.41) is 0. The van der Waals surface area contributed by atoms with E-state index in [-0.39, 0.29) is 12.1 Å². The zero-order valence-corrected chi connectivity index (χ0v) is 13.9. The third-order valence-corrected chi connectivity index (χ3v) is 4.88. The summed E-state index contributed by atoms with van der Waals surface area (Å²) in [6.45, 7) is 4.78. The lowest BCUT2D eigenvalue weighted by Gasteiger charge is -2.36. The zero-order valence-electron chi connectivity index (χ0n) is 13.9. The van der Waals surface area contributed by atoms with E-state index in [0.717, 1.165) is 44.2 Å². The molecule has 7 nitrogen and oxygen atoms in total. The minimum absolute atomic E-state index is 0.141. The van der Waals surface area contributed by atoms with Crippen LogP contribution in [0.2, 0.25) is 0 Å². The van der Waals surface area contributed by atoms with Gasteiger partial charge in [-0.25, -0.2) is 9.78 Å². The summed E-state index contributed by atoms with van der Waals surface area (Å²) in [5.41, 5.74) is 0.940. The smallest absolute Gasteiger partial charge is 0.320 e. The second-order valence-corrected chi connectivity index (χ2v) is 6.52. The van der Waals surface area contributed by atoms with Crippen LogP contribution in [0.3, 0.4) is 0 Å². The molecular formula is C17H22N6O. The number of amides is 2. The Morgan fingerprint density at radius 1 is 1.12 bits per heavy atom. The minimum atomic E-state index is 0.141. The van der Waals surface area contributed by atoms with E-state index in [0.29, 0.717) is 6.54 Å². The van der Waals surface area contributed by atoms with Crippen LogP contribution < -0.4 is 0 Å². The molecule has 24 heavy (non-hydrogen) atoms. The summed E-state index contributed by atoms with van der Waals surface area (Å²) in [7, 11) is 2.02. The number of imidazole rings is 1. The van der Waals surface area contributed by atoms with Crippen LogP contribution in [0.15, 0.2) is 36.8 Å². The molecule has 126 valence electrons. The quantitative estimate of drug-likeness (QED) is 0.839. The Kier molecular flexibility index (Phi) is 3.93. The fourth-order valence-corrected chi connectivity index (χ4v) is 3.55. The van der Waals surface area contributed by atoms with Crippen LogP contribution in [0.25, 0.3) is 0 Å². The third-order valence-electron chi connectivity index (χ3n) is 4.88. The largest absolute Gasteiger partial charge is 0.337 e. The van der Waals surface area contributed by atoms with Gasteiger partial charge in [0.1, 0.15) is 5.82 Å². The molecule has 4 rings (SSSR count). The first-order valence-corrected chi connectivity index (χ1v) is 8.35. The van der Waals surface area contributed by atoms with Gasteiger partial charge >= 0.3 is 6.03 Å². The van der Waals surface area contributed by atoms with Gasteiger partial charge in [0.05, 0.1) is 24.8 Å². The van der Waals surface area contributed by atoms with Gasteiger partial charge < -0.3 is 14.4 Å². The van der Waals surface area contributed by atoms with Gasteiger partial charge in [0, 0.05) is 51.8 Å². The van der Waals surface area contributed by atoms with E-state index in [2.05, 4.69) is 19.4 Å². The predicted octanol–water partition coefficient (Wildman–Crippen LogP) is 0.937. The summed E-state index contributed by atoms with van der Waals surface area (Å²) >= 11 is 0. The summed E-state index contributed by atoms with van der Waals surface area (Å²) < 4.78 is 2.06. The normalized spacial score (nSPS) is 21.4. The number of hydrogen-bond donors (Lipinski definition) is 0. The Morgan fingerprint density at radius 2 is 2.04 bits per heavy atom. The van der Waals surface area contributed by atoms with Crippen LogP contribution in [0.1, 0.15) is 11.5 Å². The first-order valence-electron chi connectivity index (χ1n) is 8.35. The number of fused-ring (bicyclic) bond motifs is 1. The number of carbonyl (C=O) groups excluding carboxylic acids is 1. The molecule has 7 heteroatoms. The highest BCUT2D eigenvalue weighted by Gasteiger charge is 2.40. The highest BCUT2D eigenvalue weighted by atomic mass is 16.2. The molecule has 0 aliphatic carbocycles. The molecule has 2 aromatic rings. The van der Waals surface area contributed by atoms with E-state index in [9.17, 15) is 4.79 Å². The number of carbonyl (C=O) groups is 1. The van der Waals surface area contributed by atoms with E-state index in [1.807, 2.05) is 47.4 Å². The lowest BCUT2D eigenvalue weighted by Crippen LogP contribution is -2.51. The van der Waals surface area contributed by atoms with Crippen molar-refractivity contribution in [1.82, 2.24) is 29.2 Å². The highest BCUT2D eigenvalue weighted by Crippen LogP contribution is 2.22. The Bertz CT molecular complexity index is 715. The fraction of sp³-hybridized carbons (Fsp3) is 0.471. The molecule has 0 N–H and O–H groups in total. The molecule has 2 amide bonds. The molecule has 0 saturated carbocycles. The molecule has 0 bridgehead atoms. The number of nitrogens with zero attached hydrogens (tertiary/aromatic N) is 6. The average Bonchev–Trinajstić information content (AvgIpc) is 3.13. The number of rotatable bonds is 4. The predicted molar refractivity (Wildman–Crippen MR) is 89.0 cm³/mol. The second-order valence-electron chi connectivity index (χ2n) is 6.52. The topological polar surface area (TPSA) is 57.5 Å². The van der Waals surface area contributed by atoms with Gasteiger partial charge in [0.15, 0.2) is 0 Å². The Balaban J connectivity index is 1.40. The summed E-state index contributed by atoms with van der Waals surface area (Å²) in [5.74, 6) is 1.07. The van der Waals surface area contributed by atoms with Gasteiger partial charge in [-0.15, -0.1) is 0 Å². The van der Waals surface area contributed by atoms with Crippen LogP contribution in [-0.4, -0.2) is 67.5 Å². The van der Waals surface area contributed by atoms with Gasteiger partial charge in [-0.05, 0) is 12.1 Å². The monoisotopic (exact) mass is 326 g/mol. The van der Waals surface area contributed by atoms with Crippen molar-refractivity contribution in [2.75, 3.05) is 26.2 Å². The molecule has 0 radical (unpaired) electrons. The molecule has 0 aromatic carbocycles. The van der Waals surface area contributed by atoms with Crippen molar-refractivity contribution >= 4 is 6.03 Å². The van der Waals surface area contributed by atoms with Gasteiger partial charge in [-0.2, -0.15) is 0 Å². The molecule has 1 unspecified atom stereocenters. The van der Waals surface area contributed by atoms with E-state index >= 15 is 0 Å². The molecule has 0 spiro atoms. The number of aryl methyl sites for hydroxylation is 1. The maximum atomic E-state index is 12.6. The van der Waals surface area contributed by atoms with Crippen LogP contribution in [-0.2, 0) is 20.1 Å².